The van der Waals surface area contributed by atoms with Gasteiger partial charge < -0.3 is 15.5 Å². The van der Waals surface area contributed by atoms with Crippen molar-refractivity contribution in [3.8, 4) is 0 Å². The van der Waals surface area contributed by atoms with Crippen molar-refractivity contribution >= 4 is 45.7 Å². The Balaban J connectivity index is 0.00000338. The molecule has 2 N–H and O–H groups in total. The molecule has 152 valence electrons. The summed E-state index contributed by atoms with van der Waals surface area (Å²) in [6.45, 7) is 5.81. The van der Waals surface area contributed by atoms with Crippen LogP contribution >= 0.6 is 24.0 Å². The number of carbonyl (C=O) groups is 1. The second-order valence-corrected chi connectivity index (χ2v) is 9.91. The molecule has 9 heteroatoms. The summed E-state index contributed by atoms with van der Waals surface area (Å²) < 4.78 is 24.8. The Kier molecular flexibility index (Phi) is 9.11. The van der Waals surface area contributed by atoms with Gasteiger partial charge in [-0.15, -0.1) is 24.0 Å². The van der Waals surface area contributed by atoms with E-state index in [2.05, 4.69) is 20.5 Å². The second-order valence-electron chi connectivity index (χ2n) is 7.40. The van der Waals surface area contributed by atoms with E-state index in [1.807, 2.05) is 13.8 Å². The van der Waals surface area contributed by atoms with Crippen LogP contribution < -0.4 is 10.6 Å². The molecule has 0 aromatic heterocycles. The minimum atomic E-state index is -3.05. The summed E-state index contributed by atoms with van der Waals surface area (Å²) in [7, 11) is -1.33. The van der Waals surface area contributed by atoms with E-state index >= 15 is 0 Å². The number of halogens is 1. The van der Waals surface area contributed by atoms with Crippen molar-refractivity contribution in [2.24, 2.45) is 10.9 Å². The van der Waals surface area contributed by atoms with Gasteiger partial charge in [-0.05, 0) is 12.8 Å². The number of hydrogen-bond donors (Lipinski definition) is 2. The molecule has 0 radical (unpaired) electrons. The van der Waals surface area contributed by atoms with Crippen molar-refractivity contribution in [2.75, 3.05) is 39.0 Å². The average molecular weight is 500 g/mol. The van der Waals surface area contributed by atoms with Crippen LogP contribution in [0.4, 0.5) is 0 Å². The third kappa shape index (κ3) is 5.46. The van der Waals surface area contributed by atoms with Crippen molar-refractivity contribution in [3.63, 3.8) is 0 Å². The molecule has 2 aliphatic rings. The number of nitrogens with one attached hydrogen (secondary N) is 2. The molecule has 1 saturated carbocycles. The highest BCUT2D eigenvalue weighted by Gasteiger charge is 2.48. The summed E-state index contributed by atoms with van der Waals surface area (Å²) in [5.74, 6) is 0.913. The fourth-order valence-electron chi connectivity index (χ4n) is 3.71. The largest absolute Gasteiger partial charge is 0.354 e. The molecule has 1 amide bonds. The molecule has 1 aliphatic carbocycles. The van der Waals surface area contributed by atoms with Gasteiger partial charge in [0.25, 0.3) is 0 Å². The zero-order valence-corrected chi connectivity index (χ0v) is 19.2. The van der Waals surface area contributed by atoms with Gasteiger partial charge in [-0.3, -0.25) is 9.79 Å². The number of sulfone groups is 1. The first kappa shape index (κ1) is 23.5. The Morgan fingerprint density at radius 1 is 1.15 bits per heavy atom. The van der Waals surface area contributed by atoms with Crippen molar-refractivity contribution in [3.05, 3.63) is 0 Å². The van der Waals surface area contributed by atoms with Crippen LogP contribution in [0.2, 0.25) is 0 Å². The predicted octanol–water partition coefficient (Wildman–Crippen LogP) is 1.39. The maximum absolute atomic E-state index is 12.7. The zero-order chi connectivity index (χ0) is 18.5. The number of nitrogens with zero attached hydrogens (tertiary/aromatic N) is 2. The number of hydrogen-bond acceptors (Lipinski definition) is 4. The van der Waals surface area contributed by atoms with E-state index in [0.29, 0.717) is 26.2 Å². The second kappa shape index (κ2) is 10.1. The van der Waals surface area contributed by atoms with E-state index in [1.54, 1.807) is 7.05 Å². The first-order valence-electron chi connectivity index (χ1n) is 9.27. The third-order valence-electron chi connectivity index (χ3n) is 5.28. The molecule has 0 aromatic carbocycles. The Hall–Kier alpha value is -0.580. The Bertz CT molecular complexity index is 601. The topological polar surface area (TPSA) is 90.9 Å². The summed E-state index contributed by atoms with van der Waals surface area (Å²) in [5, 5.41) is 6.11. The Morgan fingerprint density at radius 3 is 2.35 bits per heavy atom. The van der Waals surface area contributed by atoms with Crippen LogP contribution in [0.15, 0.2) is 4.99 Å². The number of aliphatic imine (C=N–C) groups is 1. The zero-order valence-electron chi connectivity index (χ0n) is 16.1. The van der Waals surface area contributed by atoms with Crippen LogP contribution in [-0.4, -0.2) is 68.9 Å². The Labute approximate surface area is 174 Å². The molecule has 0 atom stereocenters. The molecular weight excluding hydrogens is 467 g/mol. The lowest BCUT2D eigenvalue weighted by atomic mass is 9.87. The van der Waals surface area contributed by atoms with Crippen LogP contribution in [0.1, 0.15) is 46.0 Å². The number of carbonyl (C=O) groups excluding carboxylic acids is 1. The van der Waals surface area contributed by atoms with Crippen molar-refractivity contribution in [1.82, 2.24) is 15.5 Å². The first-order chi connectivity index (χ1) is 11.8. The number of amides is 1. The van der Waals surface area contributed by atoms with Gasteiger partial charge in [0, 0.05) is 39.1 Å². The molecule has 2 fully saturated rings. The molecule has 7 nitrogen and oxygen atoms in total. The minimum absolute atomic E-state index is 0. The van der Waals surface area contributed by atoms with Crippen molar-refractivity contribution in [2.45, 2.75) is 50.7 Å². The van der Waals surface area contributed by atoms with Crippen LogP contribution in [0.3, 0.4) is 0 Å². The summed E-state index contributed by atoms with van der Waals surface area (Å²) in [6.07, 6.45) is 4.61. The molecule has 26 heavy (non-hydrogen) atoms. The fourth-order valence-corrected chi connectivity index (χ4v) is 5.87. The molecule has 1 heterocycles. The van der Waals surface area contributed by atoms with Gasteiger partial charge in [-0.2, -0.15) is 0 Å². The van der Waals surface area contributed by atoms with Gasteiger partial charge >= 0.3 is 0 Å². The number of guanidine groups is 1. The SMILES string of the molecule is CN=C(NCCNC(=O)C(C)C)N1CCS(=O)(=O)C2(CCCCC2)C1.I. The summed E-state index contributed by atoms with van der Waals surface area (Å²) in [4.78, 5) is 18.0. The quantitative estimate of drug-likeness (QED) is 0.264. The maximum Gasteiger partial charge on any atom is 0.222 e. The lowest BCUT2D eigenvalue weighted by molar-refractivity contribution is -0.123. The minimum Gasteiger partial charge on any atom is -0.354 e. The van der Waals surface area contributed by atoms with E-state index in [1.165, 1.54) is 0 Å². The van der Waals surface area contributed by atoms with Gasteiger partial charge in [0.2, 0.25) is 5.91 Å². The summed E-state index contributed by atoms with van der Waals surface area (Å²) in [5.41, 5.74) is 0. The van der Waals surface area contributed by atoms with E-state index in [9.17, 15) is 13.2 Å². The molecule has 1 aliphatic heterocycles. The Morgan fingerprint density at radius 2 is 1.77 bits per heavy atom. The van der Waals surface area contributed by atoms with E-state index < -0.39 is 14.6 Å². The van der Waals surface area contributed by atoms with Gasteiger partial charge in [0.1, 0.15) is 0 Å². The van der Waals surface area contributed by atoms with Crippen LogP contribution in [0.25, 0.3) is 0 Å². The molecule has 1 saturated heterocycles. The van der Waals surface area contributed by atoms with E-state index in [4.69, 9.17) is 0 Å². The third-order valence-corrected chi connectivity index (χ3v) is 7.85. The number of rotatable bonds is 4. The first-order valence-corrected chi connectivity index (χ1v) is 10.9. The van der Waals surface area contributed by atoms with Gasteiger partial charge in [0.05, 0.1) is 10.5 Å². The molecular formula is C17H33IN4O3S. The fraction of sp³-hybridized carbons (Fsp3) is 0.882. The summed E-state index contributed by atoms with van der Waals surface area (Å²) >= 11 is 0. The molecule has 0 unspecified atom stereocenters. The van der Waals surface area contributed by atoms with Gasteiger partial charge in [-0.1, -0.05) is 33.1 Å². The molecule has 1 spiro atoms. The van der Waals surface area contributed by atoms with Crippen LogP contribution in [0.5, 0.6) is 0 Å². The monoisotopic (exact) mass is 500 g/mol. The predicted molar refractivity (Wildman–Crippen MR) is 116 cm³/mol. The highest BCUT2D eigenvalue weighted by molar-refractivity contribution is 14.0. The maximum atomic E-state index is 12.7. The summed E-state index contributed by atoms with van der Waals surface area (Å²) in [6, 6.07) is 0. The normalized spacial score (nSPS) is 22.0. The van der Waals surface area contributed by atoms with Crippen molar-refractivity contribution in [1.29, 1.82) is 0 Å². The lowest BCUT2D eigenvalue weighted by Gasteiger charge is -2.45. The molecule has 2 rings (SSSR count). The average Bonchev–Trinajstić information content (AvgIpc) is 2.58. The highest BCUT2D eigenvalue weighted by atomic mass is 127. The van der Waals surface area contributed by atoms with Crippen LogP contribution in [-0.2, 0) is 14.6 Å². The standard InChI is InChI=1S/C17H32N4O3S.HI/c1-14(2)15(22)19-9-10-20-16(18-3)21-11-12-25(23,24)17(13-21)7-5-4-6-8-17;/h14H,4-13H2,1-3H3,(H,18,20)(H,19,22);1H. The van der Waals surface area contributed by atoms with E-state index in [0.717, 1.165) is 38.1 Å². The highest BCUT2D eigenvalue weighted by Crippen LogP contribution is 2.38. The molecule has 0 bridgehead atoms. The van der Waals surface area contributed by atoms with Crippen molar-refractivity contribution < 1.29 is 13.2 Å². The van der Waals surface area contributed by atoms with Gasteiger partial charge in [0.15, 0.2) is 15.8 Å². The molecule has 0 aromatic rings. The van der Waals surface area contributed by atoms with E-state index in [-0.39, 0.29) is 41.6 Å². The lowest BCUT2D eigenvalue weighted by Crippen LogP contribution is -2.60. The van der Waals surface area contributed by atoms with Crippen LogP contribution in [0, 0.1) is 5.92 Å². The van der Waals surface area contributed by atoms with Gasteiger partial charge in [-0.25, -0.2) is 8.42 Å². The smallest absolute Gasteiger partial charge is 0.222 e.